The normalized spacial score (nSPS) is 14.6. The molecule has 1 amide bonds. The molecule has 0 spiro atoms. The van der Waals surface area contributed by atoms with Crippen molar-refractivity contribution in [2.75, 3.05) is 31.1 Å². The van der Waals surface area contributed by atoms with Crippen LogP contribution in [0.1, 0.15) is 5.69 Å². The highest BCUT2D eigenvalue weighted by molar-refractivity contribution is 5.76. The van der Waals surface area contributed by atoms with Gasteiger partial charge in [-0.05, 0) is 25.1 Å². The summed E-state index contributed by atoms with van der Waals surface area (Å²) in [4.78, 5) is 31.9. The van der Waals surface area contributed by atoms with Crippen molar-refractivity contribution in [2.45, 2.75) is 13.5 Å². The molecule has 0 aromatic carbocycles. The highest BCUT2D eigenvalue weighted by atomic mass is 19.1. The van der Waals surface area contributed by atoms with Crippen molar-refractivity contribution >= 4 is 11.7 Å². The Hall–Kier alpha value is -2.90. The lowest BCUT2D eigenvalue weighted by Crippen LogP contribution is -2.50. The Bertz CT molecular complexity index is 844. The number of carbonyl (C=O) groups is 1. The molecular formula is C17H19FN4O3. The SMILES string of the molecule is Cc1cc(O)cc(=O)n1CC(=O)N1CCN(c2ncccc2F)CC1. The van der Waals surface area contributed by atoms with E-state index in [0.29, 0.717) is 37.7 Å². The quantitative estimate of drug-likeness (QED) is 0.887. The predicted molar refractivity (Wildman–Crippen MR) is 90.1 cm³/mol. The van der Waals surface area contributed by atoms with Gasteiger partial charge in [0.1, 0.15) is 12.3 Å². The molecule has 8 heteroatoms. The molecule has 1 fully saturated rings. The van der Waals surface area contributed by atoms with Crippen LogP contribution in [0.25, 0.3) is 0 Å². The Kier molecular flexibility index (Phi) is 4.69. The monoisotopic (exact) mass is 346 g/mol. The number of anilines is 1. The second kappa shape index (κ2) is 6.92. The standard InChI is InChI=1S/C17H19FN4O3/c1-12-9-13(23)10-15(24)22(12)11-16(25)20-5-7-21(8-6-20)17-14(18)3-2-4-19-17/h2-4,9-10,23H,5-8,11H2,1H3. The average molecular weight is 346 g/mol. The van der Waals surface area contributed by atoms with E-state index < -0.39 is 5.56 Å². The number of halogens is 1. The lowest BCUT2D eigenvalue weighted by atomic mass is 10.2. The van der Waals surface area contributed by atoms with Gasteiger partial charge in [-0.3, -0.25) is 9.59 Å². The predicted octanol–water partition coefficient (Wildman–Crippen LogP) is 0.745. The van der Waals surface area contributed by atoms with Gasteiger partial charge in [0.25, 0.3) is 5.56 Å². The molecule has 1 aliphatic rings. The van der Waals surface area contributed by atoms with Crippen LogP contribution in [-0.2, 0) is 11.3 Å². The summed E-state index contributed by atoms with van der Waals surface area (Å²) in [5.41, 5.74) is 0.104. The molecule has 0 saturated carbocycles. The van der Waals surface area contributed by atoms with E-state index in [1.807, 2.05) is 0 Å². The minimum absolute atomic E-state index is 0.0805. The highest BCUT2D eigenvalue weighted by Crippen LogP contribution is 2.17. The molecule has 2 aromatic rings. The first-order valence-electron chi connectivity index (χ1n) is 7.99. The summed E-state index contributed by atoms with van der Waals surface area (Å²) in [6, 6.07) is 5.43. The largest absolute Gasteiger partial charge is 0.508 e. The highest BCUT2D eigenvalue weighted by Gasteiger charge is 2.24. The summed E-state index contributed by atoms with van der Waals surface area (Å²) >= 11 is 0. The summed E-state index contributed by atoms with van der Waals surface area (Å²) in [5, 5.41) is 9.41. The molecular weight excluding hydrogens is 327 g/mol. The molecule has 132 valence electrons. The van der Waals surface area contributed by atoms with Gasteiger partial charge in [-0.1, -0.05) is 0 Å². The zero-order valence-electron chi connectivity index (χ0n) is 13.9. The topological polar surface area (TPSA) is 78.7 Å². The van der Waals surface area contributed by atoms with Gasteiger partial charge in [-0.2, -0.15) is 0 Å². The fraction of sp³-hybridized carbons (Fsp3) is 0.353. The number of nitrogens with zero attached hydrogens (tertiary/aromatic N) is 4. The van der Waals surface area contributed by atoms with Gasteiger partial charge in [-0.15, -0.1) is 0 Å². The molecule has 2 aromatic heterocycles. The smallest absolute Gasteiger partial charge is 0.254 e. The van der Waals surface area contributed by atoms with E-state index in [1.54, 1.807) is 16.7 Å². The average Bonchev–Trinajstić information content (AvgIpc) is 2.58. The van der Waals surface area contributed by atoms with E-state index in [1.165, 1.54) is 29.0 Å². The van der Waals surface area contributed by atoms with Crippen LogP contribution < -0.4 is 10.5 Å². The summed E-state index contributed by atoms with van der Waals surface area (Å²) < 4.78 is 15.1. The van der Waals surface area contributed by atoms with Crippen LogP contribution in [0.4, 0.5) is 10.2 Å². The van der Waals surface area contributed by atoms with Crippen molar-refractivity contribution in [1.29, 1.82) is 0 Å². The number of aromatic hydroxyl groups is 1. The van der Waals surface area contributed by atoms with E-state index in [4.69, 9.17) is 0 Å². The Morgan fingerprint density at radius 2 is 2.00 bits per heavy atom. The van der Waals surface area contributed by atoms with Crippen LogP contribution in [0.2, 0.25) is 0 Å². The molecule has 1 saturated heterocycles. The van der Waals surface area contributed by atoms with Crippen LogP contribution in [-0.4, -0.2) is 51.6 Å². The van der Waals surface area contributed by atoms with Crippen LogP contribution in [0.5, 0.6) is 5.75 Å². The number of amides is 1. The maximum atomic E-state index is 13.8. The number of rotatable bonds is 3. The second-order valence-corrected chi connectivity index (χ2v) is 5.96. The zero-order valence-corrected chi connectivity index (χ0v) is 13.9. The third-order valence-corrected chi connectivity index (χ3v) is 4.28. The van der Waals surface area contributed by atoms with Crippen molar-refractivity contribution in [2.24, 2.45) is 0 Å². The van der Waals surface area contributed by atoms with Gasteiger partial charge >= 0.3 is 0 Å². The van der Waals surface area contributed by atoms with E-state index in [0.717, 1.165) is 6.07 Å². The van der Waals surface area contributed by atoms with E-state index in [-0.39, 0.29) is 24.0 Å². The number of pyridine rings is 2. The number of carbonyl (C=O) groups excluding carboxylic acids is 1. The lowest BCUT2D eigenvalue weighted by Gasteiger charge is -2.35. The Balaban J connectivity index is 1.65. The molecule has 0 unspecified atom stereocenters. The van der Waals surface area contributed by atoms with Crippen molar-refractivity contribution in [3.05, 3.63) is 52.3 Å². The van der Waals surface area contributed by atoms with E-state index >= 15 is 0 Å². The first kappa shape index (κ1) is 16.9. The zero-order chi connectivity index (χ0) is 18.0. The number of hydrogen-bond donors (Lipinski definition) is 1. The van der Waals surface area contributed by atoms with Crippen LogP contribution >= 0.6 is 0 Å². The molecule has 0 radical (unpaired) electrons. The summed E-state index contributed by atoms with van der Waals surface area (Å²) in [6.45, 7) is 3.40. The fourth-order valence-corrected chi connectivity index (χ4v) is 2.93. The molecule has 3 heterocycles. The van der Waals surface area contributed by atoms with E-state index in [2.05, 4.69) is 4.98 Å². The fourth-order valence-electron chi connectivity index (χ4n) is 2.93. The summed E-state index contributed by atoms with van der Waals surface area (Å²) in [5.74, 6) is -0.386. The molecule has 0 bridgehead atoms. The third-order valence-electron chi connectivity index (χ3n) is 4.28. The van der Waals surface area contributed by atoms with Crippen LogP contribution in [0, 0.1) is 12.7 Å². The van der Waals surface area contributed by atoms with Gasteiger partial charge in [0.15, 0.2) is 11.6 Å². The number of aryl methyl sites for hydroxylation is 1. The molecule has 3 rings (SSSR count). The Morgan fingerprint density at radius 3 is 2.64 bits per heavy atom. The molecule has 0 aliphatic carbocycles. The van der Waals surface area contributed by atoms with Gasteiger partial charge < -0.3 is 19.5 Å². The second-order valence-electron chi connectivity index (χ2n) is 5.96. The van der Waals surface area contributed by atoms with Crippen LogP contribution in [0.15, 0.2) is 35.3 Å². The van der Waals surface area contributed by atoms with Crippen molar-refractivity contribution in [1.82, 2.24) is 14.5 Å². The molecule has 7 nitrogen and oxygen atoms in total. The van der Waals surface area contributed by atoms with Gasteiger partial charge in [0.05, 0.1) is 0 Å². The first-order valence-corrected chi connectivity index (χ1v) is 7.99. The number of aromatic nitrogens is 2. The Morgan fingerprint density at radius 1 is 1.28 bits per heavy atom. The third kappa shape index (κ3) is 3.62. The summed E-state index contributed by atoms with van der Waals surface area (Å²) in [7, 11) is 0. The maximum absolute atomic E-state index is 13.8. The van der Waals surface area contributed by atoms with Crippen LogP contribution in [0.3, 0.4) is 0 Å². The lowest BCUT2D eigenvalue weighted by molar-refractivity contribution is -0.132. The minimum atomic E-state index is -0.417. The van der Waals surface area contributed by atoms with Crippen molar-refractivity contribution < 1.29 is 14.3 Å². The molecule has 1 aliphatic heterocycles. The van der Waals surface area contributed by atoms with Crippen molar-refractivity contribution in [3.63, 3.8) is 0 Å². The van der Waals surface area contributed by atoms with E-state index in [9.17, 15) is 19.1 Å². The molecule has 0 atom stereocenters. The van der Waals surface area contributed by atoms with Gasteiger partial charge in [-0.25, -0.2) is 9.37 Å². The molecule has 25 heavy (non-hydrogen) atoms. The van der Waals surface area contributed by atoms with Crippen molar-refractivity contribution in [3.8, 4) is 5.75 Å². The maximum Gasteiger partial charge on any atom is 0.254 e. The summed E-state index contributed by atoms with van der Waals surface area (Å²) in [6.07, 6.45) is 1.54. The first-order chi connectivity index (χ1) is 12.0. The number of piperazine rings is 1. The Labute approximate surface area is 143 Å². The number of hydrogen-bond acceptors (Lipinski definition) is 5. The van der Waals surface area contributed by atoms with Gasteiger partial charge in [0, 0.05) is 44.1 Å². The molecule has 1 N–H and O–H groups in total. The van der Waals surface area contributed by atoms with Gasteiger partial charge in [0.2, 0.25) is 5.91 Å². The minimum Gasteiger partial charge on any atom is -0.508 e.